The van der Waals surface area contributed by atoms with Crippen LogP contribution in [0.3, 0.4) is 0 Å². The SMILES string of the molecule is CC(C)C[C@H](N)C(=O)N=S(=O)(NC(=O)Cc1ccc[nH]c1=O)c1cc(Cl)cs1. The van der Waals surface area contributed by atoms with Gasteiger partial charge < -0.3 is 10.7 Å². The second-order valence-electron chi connectivity index (χ2n) is 6.50. The van der Waals surface area contributed by atoms with Crippen molar-refractivity contribution in [2.24, 2.45) is 16.0 Å². The lowest BCUT2D eigenvalue weighted by Gasteiger charge is -2.13. The summed E-state index contributed by atoms with van der Waals surface area (Å²) in [6.07, 6.45) is 1.47. The number of nitrogens with one attached hydrogen (secondary N) is 2. The lowest BCUT2D eigenvalue weighted by atomic mass is 10.0. The molecule has 11 heteroatoms. The smallest absolute Gasteiger partial charge is 0.272 e. The summed E-state index contributed by atoms with van der Waals surface area (Å²) in [6.45, 7) is 3.78. The van der Waals surface area contributed by atoms with Gasteiger partial charge in [-0.1, -0.05) is 31.5 Å². The Morgan fingerprint density at radius 2 is 2.14 bits per heavy atom. The molecule has 0 fully saturated rings. The number of hydrogen-bond acceptors (Lipinski definition) is 6. The molecular weight excluding hydrogens is 424 g/mol. The van der Waals surface area contributed by atoms with Crippen molar-refractivity contribution in [2.45, 2.75) is 36.9 Å². The van der Waals surface area contributed by atoms with Gasteiger partial charge >= 0.3 is 0 Å². The summed E-state index contributed by atoms with van der Waals surface area (Å²) < 4.78 is 19.5. The molecule has 0 spiro atoms. The van der Waals surface area contributed by atoms with Gasteiger partial charge in [0.25, 0.3) is 11.5 Å². The van der Waals surface area contributed by atoms with E-state index in [0.29, 0.717) is 11.4 Å². The van der Waals surface area contributed by atoms with Crippen molar-refractivity contribution >= 4 is 44.7 Å². The second-order valence-corrected chi connectivity index (χ2v) is 9.99. The van der Waals surface area contributed by atoms with E-state index >= 15 is 0 Å². The fraction of sp³-hybridized carbons (Fsp3) is 0.353. The third-order valence-electron chi connectivity index (χ3n) is 3.58. The van der Waals surface area contributed by atoms with Crippen molar-refractivity contribution in [3.8, 4) is 0 Å². The van der Waals surface area contributed by atoms with Crippen molar-refractivity contribution in [3.05, 3.63) is 50.7 Å². The van der Waals surface area contributed by atoms with Crippen LogP contribution >= 0.6 is 22.9 Å². The Bertz CT molecular complexity index is 1040. The van der Waals surface area contributed by atoms with Gasteiger partial charge in [0.15, 0.2) is 9.92 Å². The number of thiophene rings is 1. The van der Waals surface area contributed by atoms with Crippen LogP contribution in [0.2, 0.25) is 5.02 Å². The molecule has 0 aliphatic carbocycles. The molecule has 0 saturated carbocycles. The van der Waals surface area contributed by atoms with Gasteiger partial charge in [-0.15, -0.1) is 15.7 Å². The minimum atomic E-state index is -3.64. The molecule has 2 aromatic heterocycles. The first kappa shape index (κ1) is 22.3. The summed E-state index contributed by atoms with van der Waals surface area (Å²) >= 11 is 6.90. The number of hydrogen-bond donors (Lipinski definition) is 3. The molecule has 152 valence electrons. The van der Waals surface area contributed by atoms with E-state index in [2.05, 4.69) is 14.1 Å². The highest BCUT2D eigenvalue weighted by molar-refractivity contribution is 7.94. The van der Waals surface area contributed by atoms with Crippen LogP contribution in [0.5, 0.6) is 0 Å². The van der Waals surface area contributed by atoms with Crippen LogP contribution in [-0.4, -0.2) is 27.0 Å². The van der Waals surface area contributed by atoms with Gasteiger partial charge in [-0.2, -0.15) is 0 Å². The maximum atomic E-state index is 13.4. The van der Waals surface area contributed by atoms with Crippen LogP contribution < -0.4 is 16.0 Å². The third-order valence-corrected chi connectivity index (χ3v) is 7.22. The minimum Gasteiger partial charge on any atom is -0.329 e. The van der Waals surface area contributed by atoms with Crippen LogP contribution in [0.25, 0.3) is 0 Å². The molecule has 0 bridgehead atoms. The summed E-state index contributed by atoms with van der Waals surface area (Å²) in [7, 11) is -3.64. The number of rotatable bonds is 7. The summed E-state index contributed by atoms with van der Waals surface area (Å²) in [4.78, 5) is 39.0. The van der Waals surface area contributed by atoms with Crippen molar-refractivity contribution < 1.29 is 13.8 Å². The molecule has 0 aromatic carbocycles. The lowest BCUT2D eigenvalue weighted by Crippen LogP contribution is -2.36. The number of amides is 2. The molecule has 2 atom stereocenters. The van der Waals surface area contributed by atoms with Gasteiger partial charge in [0.05, 0.1) is 17.5 Å². The number of nitrogens with zero attached hydrogens (tertiary/aromatic N) is 1. The number of H-pyrrole nitrogens is 1. The zero-order chi connectivity index (χ0) is 20.9. The van der Waals surface area contributed by atoms with Crippen LogP contribution in [0, 0.1) is 5.92 Å². The molecule has 2 amide bonds. The summed E-state index contributed by atoms with van der Waals surface area (Å²) in [5, 5.41) is 1.81. The molecule has 0 radical (unpaired) electrons. The first-order valence-electron chi connectivity index (χ1n) is 8.38. The molecule has 2 rings (SSSR count). The number of pyridine rings is 1. The minimum absolute atomic E-state index is 0.123. The first-order chi connectivity index (χ1) is 13.1. The fourth-order valence-electron chi connectivity index (χ4n) is 2.32. The number of halogens is 1. The van der Waals surface area contributed by atoms with Gasteiger partial charge in [0.1, 0.15) is 4.21 Å². The molecule has 8 nitrogen and oxygen atoms in total. The fourth-order valence-corrected chi connectivity index (χ4v) is 5.38. The summed E-state index contributed by atoms with van der Waals surface area (Å²) in [5.74, 6) is -1.36. The van der Waals surface area contributed by atoms with Gasteiger partial charge in [-0.05, 0) is 24.5 Å². The summed E-state index contributed by atoms with van der Waals surface area (Å²) in [6, 6.07) is 3.47. The molecule has 0 aliphatic rings. The van der Waals surface area contributed by atoms with Crippen LogP contribution in [0.1, 0.15) is 25.8 Å². The monoisotopic (exact) mass is 444 g/mol. The Hall–Kier alpha value is -2.01. The number of carbonyl (C=O) groups is 2. The van der Waals surface area contributed by atoms with E-state index in [1.165, 1.54) is 23.7 Å². The normalized spacial score (nSPS) is 14.3. The van der Waals surface area contributed by atoms with Crippen molar-refractivity contribution in [1.29, 1.82) is 0 Å². The zero-order valence-corrected chi connectivity index (χ0v) is 17.7. The quantitative estimate of drug-likeness (QED) is 0.601. The van der Waals surface area contributed by atoms with Crippen molar-refractivity contribution in [1.82, 2.24) is 9.71 Å². The maximum absolute atomic E-state index is 13.4. The van der Waals surface area contributed by atoms with Gasteiger partial charge in [-0.25, -0.2) is 4.21 Å². The van der Waals surface area contributed by atoms with E-state index in [-0.39, 0.29) is 22.1 Å². The Labute approximate surface area is 171 Å². The third kappa shape index (κ3) is 5.99. The Balaban J connectivity index is 2.34. The number of aromatic nitrogens is 1. The van der Waals surface area contributed by atoms with Gasteiger partial charge in [-0.3, -0.25) is 19.1 Å². The van der Waals surface area contributed by atoms with Crippen LogP contribution in [0.15, 0.2) is 43.1 Å². The van der Waals surface area contributed by atoms with E-state index in [1.807, 2.05) is 13.8 Å². The average molecular weight is 445 g/mol. The van der Waals surface area contributed by atoms with Gasteiger partial charge in [0, 0.05) is 17.1 Å². The lowest BCUT2D eigenvalue weighted by molar-refractivity contribution is -0.119. The highest BCUT2D eigenvalue weighted by Gasteiger charge is 2.24. The number of nitrogens with two attached hydrogens (primary N) is 1. The second kappa shape index (κ2) is 9.46. The number of carbonyl (C=O) groups excluding carboxylic acids is 2. The van der Waals surface area contributed by atoms with E-state index in [1.54, 1.807) is 6.07 Å². The Morgan fingerprint density at radius 3 is 2.71 bits per heavy atom. The maximum Gasteiger partial charge on any atom is 0.272 e. The summed E-state index contributed by atoms with van der Waals surface area (Å²) in [5.41, 5.74) is 5.59. The average Bonchev–Trinajstić information content (AvgIpc) is 3.03. The van der Waals surface area contributed by atoms with E-state index in [4.69, 9.17) is 17.3 Å². The molecule has 4 N–H and O–H groups in total. The van der Waals surface area contributed by atoms with E-state index < -0.39 is 33.3 Å². The van der Waals surface area contributed by atoms with Crippen molar-refractivity contribution in [2.75, 3.05) is 0 Å². The molecule has 28 heavy (non-hydrogen) atoms. The standard InChI is InChI=1S/C17H21ClN4O4S2/c1-10(2)6-13(19)17(25)22-28(26,15-8-12(18)9-27-15)21-14(23)7-11-4-3-5-20-16(11)24/h3-5,8-10,13H,6-7,19H2,1-2H3,(H,20,24)(H,21,22,23,25,26)/t13-,28?/m0/s1. The molecule has 0 aliphatic heterocycles. The highest BCUT2D eigenvalue weighted by atomic mass is 35.5. The van der Waals surface area contributed by atoms with Crippen LogP contribution in [-0.2, 0) is 25.9 Å². The predicted molar refractivity (Wildman–Crippen MR) is 110 cm³/mol. The first-order valence-corrected chi connectivity index (χ1v) is 11.2. The highest BCUT2D eigenvalue weighted by Crippen LogP contribution is 2.25. The van der Waals surface area contributed by atoms with E-state index in [0.717, 1.165) is 11.3 Å². The zero-order valence-electron chi connectivity index (χ0n) is 15.3. The van der Waals surface area contributed by atoms with E-state index in [9.17, 15) is 18.6 Å². The number of aromatic amines is 1. The predicted octanol–water partition coefficient (Wildman–Crippen LogP) is 2.09. The largest absolute Gasteiger partial charge is 0.329 e. The van der Waals surface area contributed by atoms with Gasteiger partial charge in [0.2, 0.25) is 5.91 Å². The van der Waals surface area contributed by atoms with Crippen LogP contribution in [0.4, 0.5) is 0 Å². The van der Waals surface area contributed by atoms with Crippen molar-refractivity contribution in [3.63, 3.8) is 0 Å². The topological polar surface area (TPSA) is 134 Å². The molecular formula is C17H21ClN4O4S2. The molecule has 1 unspecified atom stereocenters. The molecule has 0 saturated heterocycles. The Kier molecular flexibility index (Phi) is 7.53. The molecule has 2 aromatic rings. The Morgan fingerprint density at radius 1 is 1.43 bits per heavy atom. The molecule has 2 heterocycles.